The summed E-state index contributed by atoms with van der Waals surface area (Å²) in [6.07, 6.45) is 7.38. The summed E-state index contributed by atoms with van der Waals surface area (Å²) in [5.74, 6) is -0.838. The molecular formula is C26H35FN8O. The molecule has 0 atom stereocenters. The van der Waals surface area contributed by atoms with Crippen molar-refractivity contribution in [3.05, 3.63) is 47.4 Å². The van der Waals surface area contributed by atoms with Gasteiger partial charge in [0.2, 0.25) is 0 Å². The maximum absolute atomic E-state index is 15.4. The standard InChI is InChI=1S/C24H29FN8O.C2H6/c1-14-11-33-13-20(27-23(33)15(2)26-14)28-24(34)21-18(25)10-19(17-12-31(5)29-22(17)21)32-8-6-16(7-9-32)30(3)4;1-2/h10-13,16H,6-9H2,1-5H3,(H,28,34);1-2H3. The van der Waals surface area contributed by atoms with E-state index in [9.17, 15) is 4.79 Å². The first-order chi connectivity index (χ1) is 17.2. The van der Waals surface area contributed by atoms with Crippen LogP contribution in [0.2, 0.25) is 0 Å². The van der Waals surface area contributed by atoms with Gasteiger partial charge in [-0.1, -0.05) is 13.8 Å². The first kappa shape index (κ1) is 25.6. The second-order valence-electron chi connectivity index (χ2n) is 9.28. The molecule has 9 nitrogen and oxygen atoms in total. The summed E-state index contributed by atoms with van der Waals surface area (Å²) in [5, 5.41) is 7.96. The fraction of sp³-hybridized carbons (Fsp3) is 0.462. The van der Waals surface area contributed by atoms with Crippen molar-refractivity contribution in [3.63, 3.8) is 0 Å². The highest BCUT2D eigenvalue weighted by Crippen LogP contribution is 2.33. The first-order valence-electron chi connectivity index (χ1n) is 12.4. The molecule has 36 heavy (non-hydrogen) atoms. The molecule has 1 aromatic carbocycles. The average Bonchev–Trinajstić information content (AvgIpc) is 3.42. The van der Waals surface area contributed by atoms with Crippen molar-refractivity contribution in [2.24, 2.45) is 7.05 Å². The maximum atomic E-state index is 15.4. The number of fused-ring (bicyclic) bond motifs is 2. The molecule has 1 amide bonds. The third-order valence-electron chi connectivity index (χ3n) is 6.57. The number of anilines is 2. The zero-order chi connectivity index (χ0) is 26.1. The van der Waals surface area contributed by atoms with Crippen molar-refractivity contribution >= 4 is 34.0 Å². The first-order valence-corrected chi connectivity index (χ1v) is 12.4. The molecule has 0 saturated carbocycles. The molecular weight excluding hydrogens is 459 g/mol. The van der Waals surface area contributed by atoms with Gasteiger partial charge in [-0.15, -0.1) is 0 Å². The molecule has 0 unspecified atom stereocenters. The van der Waals surface area contributed by atoms with E-state index in [2.05, 4.69) is 44.3 Å². The minimum absolute atomic E-state index is 0.0781. The van der Waals surface area contributed by atoms with Gasteiger partial charge in [0, 0.05) is 44.0 Å². The van der Waals surface area contributed by atoms with Crippen molar-refractivity contribution in [1.29, 1.82) is 0 Å². The molecule has 0 spiro atoms. The van der Waals surface area contributed by atoms with Crippen LogP contribution in [0.1, 0.15) is 48.4 Å². The molecule has 0 bridgehead atoms. The number of benzene rings is 1. The molecule has 192 valence electrons. The lowest BCUT2D eigenvalue weighted by molar-refractivity contribution is 0.102. The molecule has 3 aromatic heterocycles. The molecule has 1 aliphatic heterocycles. The van der Waals surface area contributed by atoms with Gasteiger partial charge in [0.25, 0.3) is 5.91 Å². The number of nitrogens with zero attached hydrogens (tertiary/aromatic N) is 7. The van der Waals surface area contributed by atoms with E-state index in [1.54, 1.807) is 22.3 Å². The van der Waals surface area contributed by atoms with Crippen LogP contribution in [0.3, 0.4) is 0 Å². The van der Waals surface area contributed by atoms with Crippen molar-refractivity contribution < 1.29 is 9.18 Å². The van der Waals surface area contributed by atoms with Gasteiger partial charge in [-0.3, -0.25) is 14.5 Å². The molecule has 1 N–H and O–H groups in total. The minimum atomic E-state index is -0.592. The highest BCUT2D eigenvalue weighted by atomic mass is 19.1. The minimum Gasteiger partial charge on any atom is -0.371 e. The molecule has 5 rings (SSSR count). The van der Waals surface area contributed by atoms with Crippen LogP contribution in [0, 0.1) is 19.7 Å². The van der Waals surface area contributed by atoms with Crippen molar-refractivity contribution in [3.8, 4) is 0 Å². The smallest absolute Gasteiger partial charge is 0.262 e. The number of carbonyl (C=O) groups is 1. The number of piperidine rings is 1. The molecule has 10 heteroatoms. The predicted octanol–water partition coefficient (Wildman–Crippen LogP) is 4.18. The Morgan fingerprint density at radius 1 is 1.11 bits per heavy atom. The summed E-state index contributed by atoms with van der Waals surface area (Å²) >= 11 is 0. The van der Waals surface area contributed by atoms with Gasteiger partial charge in [-0.25, -0.2) is 9.37 Å². The van der Waals surface area contributed by atoms with Gasteiger partial charge in [0.05, 0.1) is 23.3 Å². The maximum Gasteiger partial charge on any atom is 0.262 e. The second kappa shape index (κ2) is 10.2. The third kappa shape index (κ3) is 4.77. The zero-order valence-corrected chi connectivity index (χ0v) is 22.1. The molecule has 4 heterocycles. The lowest BCUT2D eigenvalue weighted by Crippen LogP contribution is -2.42. The molecule has 1 aliphatic rings. The Balaban J connectivity index is 0.00000148. The zero-order valence-electron chi connectivity index (χ0n) is 22.1. The lowest BCUT2D eigenvalue weighted by Gasteiger charge is -2.36. The number of nitrogens with one attached hydrogen (secondary N) is 1. The van der Waals surface area contributed by atoms with Crippen LogP contribution < -0.4 is 10.2 Å². The van der Waals surface area contributed by atoms with Gasteiger partial charge in [-0.05, 0) is 46.9 Å². The van der Waals surface area contributed by atoms with E-state index in [0.717, 1.165) is 48.4 Å². The topological polar surface area (TPSA) is 83.6 Å². The number of amides is 1. The van der Waals surface area contributed by atoms with E-state index in [0.29, 0.717) is 23.0 Å². The van der Waals surface area contributed by atoms with Crippen molar-refractivity contribution in [2.45, 2.75) is 46.6 Å². The number of imidazole rings is 1. The number of aromatic nitrogens is 5. The highest BCUT2D eigenvalue weighted by molar-refractivity contribution is 6.14. The van der Waals surface area contributed by atoms with Crippen molar-refractivity contribution in [1.82, 2.24) is 29.0 Å². The van der Waals surface area contributed by atoms with E-state index >= 15 is 4.39 Å². The van der Waals surface area contributed by atoms with Crippen molar-refractivity contribution in [2.75, 3.05) is 37.4 Å². The van der Waals surface area contributed by atoms with Crippen LogP contribution in [0.25, 0.3) is 16.6 Å². The second-order valence-corrected chi connectivity index (χ2v) is 9.28. The summed E-state index contributed by atoms with van der Waals surface area (Å²) in [4.78, 5) is 26.5. The number of hydrogen-bond acceptors (Lipinski definition) is 6. The fourth-order valence-electron chi connectivity index (χ4n) is 4.89. The van der Waals surface area contributed by atoms with Gasteiger partial charge >= 0.3 is 0 Å². The van der Waals surface area contributed by atoms with Crippen LogP contribution in [0.15, 0.2) is 24.7 Å². The quantitative estimate of drug-likeness (QED) is 0.458. The predicted molar refractivity (Wildman–Crippen MR) is 141 cm³/mol. The number of aryl methyl sites for hydroxylation is 3. The molecule has 1 fully saturated rings. The van der Waals surface area contributed by atoms with Crippen LogP contribution >= 0.6 is 0 Å². The third-order valence-corrected chi connectivity index (χ3v) is 6.57. The van der Waals surface area contributed by atoms with Gasteiger partial charge < -0.3 is 19.5 Å². The Hall–Kier alpha value is -3.53. The number of hydrogen-bond donors (Lipinski definition) is 1. The van der Waals surface area contributed by atoms with Gasteiger partial charge in [-0.2, -0.15) is 5.10 Å². The van der Waals surface area contributed by atoms with Gasteiger partial charge in [0.15, 0.2) is 11.5 Å². The van der Waals surface area contributed by atoms with Gasteiger partial charge in [0.1, 0.15) is 16.9 Å². The fourth-order valence-corrected chi connectivity index (χ4v) is 4.89. The van der Waals surface area contributed by atoms with E-state index in [4.69, 9.17) is 0 Å². The van der Waals surface area contributed by atoms with E-state index in [-0.39, 0.29) is 5.56 Å². The summed E-state index contributed by atoms with van der Waals surface area (Å²) in [6.45, 7) is 9.40. The Labute approximate surface area is 210 Å². The summed E-state index contributed by atoms with van der Waals surface area (Å²) in [5.41, 5.74) is 3.28. The summed E-state index contributed by atoms with van der Waals surface area (Å²) in [6, 6.07) is 1.99. The molecule has 0 radical (unpaired) electrons. The number of carbonyl (C=O) groups excluding carboxylic acids is 1. The van der Waals surface area contributed by atoms with Crippen LogP contribution in [-0.2, 0) is 7.05 Å². The Kier molecular flexibility index (Phi) is 7.26. The Morgan fingerprint density at radius 3 is 2.47 bits per heavy atom. The number of halogens is 1. The van der Waals surface area contributed by atoms with E-state index in [1.807, 2.05) is 40.1 Å². The Morgan fingerprint density at radius 2 is 1.81 bits per heavy atom. The number of rotatable bonds is 4. The highest BCUT2D eigenvalue weighted by Gasteiger charge is 2.27. The average molecular weight is 495 g/mol. The van der Waals surface area contributed by atoms with Crippen LogP contribution in [0.5, 0.6) is 0 Å². The monoisotopic (exact) mass is 494 g/mol. The lowest BCUT2D eigenvalue weighted by atomic mass is 10.0. The summed E-state index contributed by atoms with van der Waals surface area (Å²) < 4.78 is 18.9. The largest absolute Gasteiger partial charge is 0.371 e. The molecule has 4 aromatic rings. The Bertz CT molecular complexity index is 1400. The van der Waals surface area contributed by atoms with E-state index in [1.165, 1.54) is 6.07 Å². The van der Waals surface area contributed by atoms with Crippen LogP contribution in [0.4, 0.5) is 15.9 Å². The molecule has 0 aliphatic carbocycles. The van der Waals surface area contributed by atoms with Crippen LogP contribution in [-0.4, -0.2) is 68.2 Å². The normalized spacial score (nSPS) is 14.4. The van der Waals surface area contributed by atoms with E-state index < -0.39 is 11.7 Å². The SMILES string of the molecule is CC.Cc1cn2cc(NC(=O)c3c(F)cc(N4CCC(N(C)C)CC4)c4cn(C)nc34)nc2c(C)n1. The molecule has 1 saturated heterocycles. The summed E-state index contributed by atoms with van der Waals surface area (Å²) in [7, 11) is 5.96.